The Morgan fingerprint density at radius 3 is 2.65 bits per heavy atom. The molecule has 172 valence electrons. The molecule has 1 fully saturated rings. The second kappa shape index (κ2) is 9.48. The van der Waals surface area contributed by atoms with Gasteiger partial charge >= 0.3 is 0 Å². The predicted octanol–water partition coefficient (Wildman–Crippen LogP) is 4.79. The van der Waals surface area contributed by atoms with Crippen molar-refractivity contribution in [2.24, 2.45) is 0 Å². The van der Waals surface area contributed by atoms with Crippen molar-refractivity contribution >= 4 is 51.6 Å². The number of Topliss-reactive ketones (excluding diaryl/α,β-unsaturated/α-hetero) is 1. The summed E-state index contributed by atoms with van der Waals surface area (Å²) in [6, 6.07) is 15.5. The van der Waals surface area contributed by atoms with E-state index >= 15 is 0 Å². The van der Waals surface area contributed by atoms with E-state index in [1.54, 1.807) is 65.8 Å². The highest BCUT2D eigenvalue weighted by atomic mass is 35.5. The van der Waals surface area contributed by atoms with Gasteiger partial charge in [0.25, 0.3) is 5.56 Å². The highest BCUT2D eigenvalue weighted by molar-refractivity contribution is 7.99. The highest BCUT2D eigenvalue weighted by Gasteiger charge is 2.22. The molecule has 0 unspecified atom stereocenters. The Balaban J connectivity index is 1.39. The molecular weight excluding hydrogens is 474 g/mol. The lowest BCUT2D eigenvalue weighted by molar-refractivity contribution is -0.117. The number of hydrogen-bond acceptors (Lipinski definition) is 6. The monoisotopic (exact) mass is 493 g/mol. The van der Waals surface area contributed by atoms with Crippen molar-refractivity contribution in [2.75, 3.05) is 17.2 Å². The molecule has 0 bridgehead atoms. The third-order valence-corrected chi connectivity index (χ3v) is 6.89. The van der Waals surface area contributed by atoms with E-state index in [1.807, 2.05) is 0 Å². The fraction of sp³-hybridized carbons (Fsp3) is 0.200. The Kier molecular flexibility index (Phi) is 6.26. The number of furan rings is 1. The molecule has 34 heavy (non-hydrogen) atoms. The topological polar surface area (TPSA) is 85.4 Å². The Bertz CT molecular complexity index is 1430. The number of rotatable bonds is 7. The summed E-state index contributed by atoms with van der Waals surface area (Å²) in [4.78, 5) is 44.4. The molecule has 1 saturated heterocycles. The van der Waals surface area contributed by atoms with Crippen molar-refractivity contribution in [3.63, 3.8) is 0 Å². The molecule has 7 nitrogen and oxygen atoms in total. The quantitative estimate of drug-likeness (QED) is 0.209. The lowest BCUT2D eigenvalue weighted by Crippen LogP contribution is -2.24. The Labute approximate surface area is 204 Å². The SMILES string of the molecule is O=C(CSc1nc2cc(Cl)ccc2c(=O)n1Cc1ccco1)c1ccc(N2CCCC2=O)cc1. The van der Waals surface area contributed by atoms with Gasteiger partial charge in [0, 0.05) is 29.2 Å². The molecule has 2 aromatic heterocycles. The molecule has 4 aromatic rings. The number of hydrogen-bond donors (Lipinski definition) is 0. The van der Waals surface area contributed by atoms with Gasteiger partial charge in [-0.25, -0.2) is 4.98 Å². The molecule has 5 rings (SSSR count). The minimum Gasteiger partial charge on any atom is -0.467 e. The number of aromatic nitrogens is 2. The molecule has 1 aliphatic heterocycles. The van der Waals surface area contributed by atoms with Gasteiger partial charge in [0.2, 0.25) is 5.91 Å². The van der Waals surface area contributed by atoms with E-state index in [0.717, 1.165) is 12.1 Å². The van der Waals surface area contributed by atoms with Crippen molar-refractivity contribution in [2.45, 2.75) is 24.5 Å². The average molecular weight is 494 g/mol. The number of anilines is 1. The normalized spacial score (nSPS) is 13.7. The number of benzene rings is 2. The Morgan fingerprint density at radius 2 is 1.94 bits per heavy atom. The zero-order valence-corrected chi connectivity index (χ0v) is 19.6. The lowest BCUT2D eigenvalue weighted by Gasteiger charge is -2.15. The minimum atomic E-state index is -0.229. The van der Waals surface area contributed by atoms with Crippen LogP contribution in [0, 0.1) is 0 Å². The predicted molar refractivity (Wildman–Crippen MR) is 132 cm³/mol. The van der Waals surface area contributed by atoms with Crippen LogP contribution in [0.3, 0.4) is 0 Å². The van der Waals surface area contributed by atoms with Gasteiger partial charge in [0.1, 0.15) is 5.76 Å². The molecule has 0 saturated carbocycles. The third kappa shape index (κ3) is 4.51. The van der Waals surface area contributed by atoms with Gasteiger partial charge in [0.05, 0.1) is 29.5 Å². The maximum atomic E-state index is 13.2. The number of fused-ring (bicyclic) bond motifs is 1. The number of carbonyl (C=O) groups excluding carboxylic acids is 2. The maximum absolute atomic E-state index is 13.2. The van der Waals surface area contributed by atoms with Crippen LogP contribution in [0.1, 0.15) is 29.0 Å². The summed E-state index contributed by atoms with van der Waals surface area (Å²) >= 11 is 7.30. The summed E-state index contributed by atoms with van der Waals surface area (Å²) < 4.78 is 6.93. The molecule has 0 spiro atoms. The molecule has 1 amide bonds. The van der Waals surface area contributed by atoms with Crippen molar-refractivity contribution in [1.29, 1.82) is 0 Å². The van der Waals surface area contributed by atoms with Gasteiger partial charge in [0.15, 0.2) is 10.9 Å². The summed E-state index contributed by atoms with van der Waals surface area (Å²) in [6.07, 6.45) is 2.95. The average Bonchev–Trinajstić information content (AvgIpc) is 3.51. The second-order valence-corrected chi connectivity index (χ2v) is 9.31. The van der Waals surface area contributed by atoms with Gasteiger partial charge in [-0.3, -0.25) is 19.0 Å². The van der Waals surface area contributed by atoms with Crippen LogP contribution in [0.25, 0.3) is 10.9 Å². The molecule has 0 atom stereocenters. The first-order valence-corrected chi connectivity index (χ1v) is 12.1. The van der Waals surface area contributed by atoms with Crippen molar-refractivity contribution in [1.82, 2.24) is 9.55 Å². The van der Waals surface area contributed by atoms with Crippen molar-refractivity contribution in [3.8, 4) is 0 Å². The molecule has 2 aromatic carbocycles. The van der Waals surface area contributed by atoms with E-state index in [2.05, 4.69) is 4.98 Å². The lowest BCUT2D eigenvalue weighted by atomic mass is 10.1. The first kappa shape index (κ1) is 22.4. The van der Waals surface area contributed by atoms with Gasteiger partial charge in [-0.1, -0.05) is 23.4 Å². The Morgan fingerprint density at radius 1 is 1.12 bits per heavy atom. The molecule has 0 aliphatic carbocycles. The Hall–Kier alpha value is -3.36. The van der Waals surface area contributed by atoms with Crippen LogP contribution >= 0.6 is 23.4 Å². The second-order valence-electron chi connectivity index (χ2n) is 7.93. The fourth-order valence-corrected chi connectivity index (χ4v) is 5.00. The minimum absolute atomic E-state index is 0.0959. The van der Waals surface area contributed by atoms with Crippen LogP contribution in [-0.4, -0.2) is 33.5 Å². The number of thioether (sulfide) groups is 1. The smallest absolute Gasteiger partial charge is 0.262 e. The largest absolute Gasteiger partial charge is 0.467 e. The molecule has 0 N–H and O–H groups in total. The van der Waals surface area contributed by atoms with Gasteiger partial charge in [-0.05, 0) is 61.0 Å². The van der Waals surface area contributed by atoms with Crippen LogP contribution in [-0.2, 0) is 11.3 Å². The van der Waals surface area contributed by atoms with Crippen molar-refractivity contribution < 1.29 is 14.0 Å². The van der Waals surface area contributed by atoms with E-state index in [1.165, 1.54) is 16.3 Å². The van der Waals surface area contributed by atoms with Crippen LogP contribution in [0.5, 0.6) is 0 Å². The van der Waals surface area contributed by atoms with E-state index in [0.29, 0.717) is 45.4 Å². The summed E-state index contributed by atoms with van der Waals surface area (Å²) in [5, 5.41) is 1.33. The highest BCUT2D eigenvalue weighted by Crippen LogP contribution is 2.24. The van der Waals surface area contributed by atoms with E-state index < -0.39 is 0 Å². The number of amides is 1. The number of ketones is 1. The van der Waals surface area contributed by atoms with E-state index in [4.69, 9.17) is 16.0 Å². The number of nitrogens with zero attached hydrogens (tertiary/aromatic N) is 3. The molecular formula is C25H20ClN3O4S. The standard InChI is InChI=1S/C25H20ClN3O4S/c26-17-7-10-20-21(13-17)27-25(29(24(20)32)14-19-3-2-12-33-19)34-15-22(30)16-5-8-18(9-6-16)28-11-1-4-23(28)31/h2-3,5-10,12-13H,1,4,11,14-15H2. The first-order valence-electron chi connectivity index (χ1n) is 10.8. The number of carbonyl (C=O) groups is 2. The summed E-state index contributed by atoms with van der Waals surface area (Å²) in [6.45, 7) is 0.902. The summed E-state index contributed by atoms with van der Waals surface area (Å²) in [5.41, 5.74) is 1.58. The van der Waals surface area contributed by atoms with Gasteiger partial charge in [-0.2, -0.15) is 0 Å². The maximum Gasteiger partial charge on any atom is 0.262 e. The molecule has 1 aliphatic rings. The van der Waals surface area contributed by atoms with Crippen LogP contribution < -0.4 is 10.5 Å². The van der Waals surface area contributed by atoms with Gasteiger partial charge < -0.3 is 9.32 Å². The first-order chi connectivity index (χ1) is 16.5. The molecule has 3 heterocycles. The fourth-order valence-electron chi connectivity index (χ4n) is 3.94. The number of halogens is 1. The van der Waals surface area contributed by atoms with E-state index in [9.17, 15) is 14.4 Å². The summed E-state index contributed by atoms with van der Waals surface area (Å²) in [7, 11) is 0. The summed E-state index contributed by atoms with van der Waals surface area (Å²) in [5.74, 6) is 0.705. The van der Waals surface area contributed by atoms with E-state index in [-0.39, 0.29) is 29.5 Å². The third-order valence-electron chi connectivity index (χ3n) is 5.68. The van der Waals surface area contributed by atoms with Gasteiger partial charge in [-0.15, -0.1) is 0 Å². The van der Waals surface area contributed by atoms with Crippen LogP contribution in [0.2, 0.25) is 5.02 Å². The molecule has 0 radical (unpaired) electrons. The van der Waals surface area contributed by atoms with Crippen LogP contribution in [0.4, 0.5) is 5.69 Å². The van der Waals surface area contributed by atoms with Crippen LogP contribution in [0.15, 0.2) is 75.2 Å². The van der Waals surface area contributed by atoms with Crippen molar-refractivity contribution in [3.05, 3.63) is 87.6 Å². The zero-order valence-electron chi connectivity index (χ0n) is 18.1. The molecule has 9 heteroatoms. The zero-order chi connectivity index (χ0) is 23.7.